The smallest absolute Gasteiger partial charge is 0.179 e. The summed E-state index contributed by atoms with van der Waals surface area (Å²) >= 11 is 2.50. The van der Waals surface area contributed by atoms with Crippen molar-refractivity contribution in [2.24, 2.45) is 7.05 Å². The molecule has 14 rings (SSSR count). The minimum Gasteiger partial charge on any atom is -0.344 e. The van der Waals surface area contributed by atoms with Gasteiger partial charge in [0.05, 0.1) is 39.8 Å². The van der Waals surface area contributed by atoms with E-state index in [-0.39, 0.29) is 5.92 Å². The van der Waals surface area contributed by atoms with E-state index in [1.54, 1.807) is 5.29 Å². The van der Waals surface area contributed by atoms with Crippen LogP contribution < -0.4 is 37.0 Å². The van der Waals surface area contributed by atoms with E-state index in [0.29, 0.717) is 0 Å². The minimum atomic E-state index is -0.807. The number of rotatable bonds is 3. The summed E-state index contributed by atoms with van der Waals surface area (Å²) in [5.41, 5.74) is 12.1. The van der Waals surface area contributed by atoms with Crippen LogP contribution in [0.2, 0.25) is 0 Å². The lowest BCUT2D eigenvalue weighted by Gasteiger charge is -2.09. The third kappa shape index (κ3) is 4.93. The molecule has 10 aromatic rings. The zero-order chi connectivity index (χ0) is 40.8. The summed E-state index contributed by atoms with van der Waals surface area (Å²) < 4.78 is 4.81. The maximum Gasteiger partial charge on any atom is 0.179 e. The Hall–Kier alpha value is -6.09. The van der Waals surface area contributed by atoms with Crippen molar-refractivity contribution in [2.45, 2.75) is 12.3 Å². The van der Waals surface area contributed by atoms with E-state index in [2.05, 4.69) is 225 Å². The van der Waals surface area contributed by atoms with E-state index in [0.717, 1.165) is 6.42 Å². The number of aromatic nitrogens is 2. The largest absolute Gasteiger partial charge is 0.344 e. The van der Waals surface area contributed by atoms with Crippen molar-refractivity contribution in [3.05, 3.63) is 202 Å². The quantitative estimate of drug-likeness (QED) is 0.123. The first kappa shape index (κ1) is 35.5. The van der Waals surface area contributed by atoms with Gasteiger partial charge in [0.25, 0.3) is 0 Å². The molecule has 0 saturated heterocycles. The number of hydrogen-bond donors (Lipinski definition) is 0. The highest BCUT2D eigenvalue weighted by Gasteiger charge is 2.42. The molecule has 3 unspecified atom stereocenters. The van der Waals surface area contributed by atoms with E-state index in [1.807, 2.05) is 0 Å². The number of nitrogens with zero attached hydrogens (tertiary/aromatic N) is 2. The van der Waals surface area contributed by atoms with Crippen LogP contribution in [0.25, 0.3) is 84.0 Å². The van der Waals surface area contributed by atoms with Gasteiger partial charge in [0.2, 0.25) is 0 Å². The molecule has 3 atom stereocenters. The Bertz CT molecular complexity index is 4030. The van der Waals surface area contributed by atoms with Crippen LogP contribution in [0.1, 0.15) is 17.0 Å². The zero-order valence-corrected chi connectivity index (χ0v) is 37.8. The molecule has 2 aromatic heterocycles. The SMILES string of the molecule is Cn1c2c(c3ccc(-c4cccc([P+]5=c6c(ccc7c6=CC=CC7)-c6cc7c8ccccc8n(I)c7cc65)c4)cc31)=CC1=[P+](c3ccccc3)c3cc4ccccc4cc3C1C=2. The predicted octanol–water partition coefficient (Wildman–Crippen LogP) is 10.5. The van der Waals surface area contributed by atoms with Crippen LogP contribution in [0.3, 0.4) is 0 Å². The van der Waals surface area contributed by atoms with Crippen molar-refractivity contribution < 1.29 is 0 Å². The third-order valence-electron chi connectivity index (χ3n) is 13.9. The average Bonchev–Trinajstić information content (AvgIpc) is 4.01. The highest BCUT2D eigenvalue weighted by Crippen LogP contribution is 2.46. The Kier molecular flexibility index (Phi) is 7.56. The van der Waals surface area contributed by atoms with Crippen LogP contribution in [-0.4, -0.2) is 12.6 Å². The Morgan fingerprint density at radius 1 is 0.581 bits per heavy atom. The summed E-state index contributed by atoms with van der Waals surface area (Å²) in [6, 6.07) is 60.4. The van der Waals surface area contributed by atoms with Gasteiger partial charge < -0.3 is 4.57 Å². The molecular weight excluding hydrogens is 901 g/mol. The number of aryl methyl sites for hydroxylation is 1. The van der Waals surface area contributed by atoms with Gasteiger partial charge in [0.15, 0.2) is 41.2 Å². The van der Waals surface area contributed by atoms with Gasteiger partial charge in [-0.05, 0) is 107 Å². The average molecular weight is 939 g/mol. The summed E-state index contributed by atoms with van der Waals surface area (Å²) in [5.74, 6) is 0.264. The number of benzene rings is 8. The first-order chi connectivity index (χ1) is 30.6. The Morgan fingerprint density at radius 3 is 2.29 bits per heavy atom. The molecule has 0 spiro atoms. The molecule has 4 heterocycles. The van der Waals surface area contributed by atoms with Crippen LogP contribution in [0.4, 0.5) is 0 Å². The number of hydrogen-bond acceptors (Lipinski definition) is 0. The molecule has 2 nitrogen and oxygen atoms in total. The van der Waals surface area contributed by atoms with Crippen molar-refractivity contribution in [2.75, 3.05) is 0 Å². The number of fused-ring (bicyclic) bond motifs is 15. The molecule has 2 aliphatic heterocycles. The molecule has 0 N–H and O–H groups in total. The van der Waals surface area contributed by atoms with Crippen LogP contribution in [0, 0.1) is 4.94 Å². The maximum absolute atomic E-state index is 2.57. The molecular formula is C57H37IN2P2+2. The summed E-state index contributed by atoms with van der Waals surface area (Å²) in [6.45, 7) is 0. The van der Waals surface area contributed by atoms with Crippen molar-refractivity contribution in [3.63, 3.8) is 0 Å². The van der Waals surface area contributed by atoms with Gasteiger partial charge in [-0.3, -0.25) is 2.78 Å². The second-order valence-electron chi connectivity index (χ2n) is 17.1. The number of halogens is 1. The van der Waals surface area contributed by atoms with Gasteiger partial charge in [-0.25, -0.2) is 0 Å². The first-order valence-electron chi connectivity index (χ1n) is 21.4. The maximum atomic E-state index is 2.57. The molecule has 290 valence electrons. The van der Waals surface area contributed by atoms with Crippen LogP contribution in [-0.2, 0) is 13.5 Å². The second kappa shape index (κ2) is 13.2. The predicted molar refractivity (Wildman–Crippen MR) is 277 cm³/mol. The monoisotopic (exact) mass is 938 g/mol. The highest BCUT2D eigenvalue weighted by atomic mass is 127. The number of allylic oxidation sites excluding steroid dienone is 2. The van der Waals surface area contributed by atoms with E-state index >= 15 is 0 Å². The zero-order valence-electron chi connectivity index (χ0n) is 33.8. The van der Waals surface area contributed by atoms with E-state index in [4.69, 9.17) is 0 Å². The second-order valence-corrected chi connectivity index (χ2v) is 22.4. The fourth-order valence-electron chi connectivity index (χ4n) is 11.0. The van der Waals surface area contributed by atoms with Gasteiger partial charge in [0.1, 0.15) is 5.29 Å². The van der Waals surface area contributed by atoms with Crippen LogP contribution in [0.5, 0.6) is 0 Å². The lowest BCUT2D eigenvalue weighted by atomic mass is 9.90. The van der Waals surface area contributed by atoms with E-state index < -0.39 is 15.1 Å². The minimum absolute atomic E-state index is 0.264. The third-order valence-corrected chi connectivity index (χ3v) is 20.2. The normalized spacial score (nSPS) is 16.7. The van der Waals surface area contributed by atoms with Crippen molar-refractivity contribution in [3.8, 4) is 22.3 Å². The van der Waals surface area contributed by atoms with Crippen LogP contribution in [0.15, 0.2) is 170 Å². The van der Waals surface area contributed by atoms with Crippen molar-refractivity contribution in [1.29, 1.82) is 0 Å². The fraction of sp³-hybridized carbons (Fsp3) is 0.0526. The summed E-state index contributed by atoms with van der Waals surface area (Å²) in [6.07, 6.45) is 13.0. The summed E-state index contributed by atoms with van der Waals surface area (Å²) in [4.78, 5) is 1.51. The Morgan fingerprint density at radius 2 is 1.39 bits per heavy atom. The standard InChI is InChI=1S/C57H37IN2P2/c1-59-51-28-38(23-24-43(51)46-32-55-49(31-52(46)59)47-27-36-13-5-6-14-37(36)29-54(47)61(55)39-16-3-2-4-17-39)35-15-11-18-40(26-35)62-56-33-53-45(42-20-9-10-21-50(42)60(53)58)30-48(56)44-25-22-34-12-7-8-19-41(34)57(44)62/h2-11,13-33,49H,12H2,1H3/q+2. The molecule has 5 heteroatoms. The van der Waals surface area contributed by atoms with Crippen molar-refractivity contribution >= 4 is 126 Å². The molecule has 62 heavy (non-hydrogen) atoms. The van der Waals surface area contributed by atoms with E-state index in [9.17, 15) is 0 Å². The fourth-order valence-corrected chi connectivity index (χ4v) is 17.5. The van der Waals surface area contributed by atoms with Gasteiger partial charge in [0, 0.05) is 67.3 Å². The summed E-state index contributed by atoms with van der Waals surface area (Å²) in [5, 5.41) is 18.0. The van der Waals surface area contributed by atoms with Gasteiger partial charge in [-0.1, -0.05) is 109 Å². The molecule has 0 saturated carbocycles. The Labute approximate surface area is 374 Å². The molecule has 0 radical (unpaired) electrons. The lowest BCUT2D eigenvalue weighted by Crippen LogP contribution is -2.34. The number of para-hydroxylation sites is 1. The molecule has 4 aliphatic rings. The topological polar surface area (TPSA) is 9.86 Å². The summed E-state index contributed by atoms with van der Waals surface area (Å²) in [7, 11) is 0.810. The molecule has 0 fully saturated rings. The lowest BCUT2D eigenvalue weighted by molar-refractivity contribution is 0.918. The molecule has 0 bridgehead atoms. The Balaban J connectivity index is 0.953. The van der Waals surface area contributed by atoms with Gasteiger partial charge in [-0.15, -0.1) is 0 Å². The van der Waals surface area contributed by atoms with Gasteiger partial charge >= 0.3 is 0 Å². The van der Waals surface area contributed by atoms with Crippen LogP contribution >= 0.6 is 38.0 Å². The first-order valence-corrected chi connectivity index (χ1v) is 25.1. The highest BCUT2D eigenvalue weighted by molar-refractivity contribution is 14.1. The molecule has 0 amide bonds. The molecule has 8 aromatic carbocycles. The van der Waals surface area contributed by atoms with Gasteiger partial charge in [-0.2, -0.15) is 0 Å². The van der Waals surface area contributed by atoms with Crippen molar-refractivity contribution in [1.82, 2.24) is 7.35 Å². The van der Waals surface area contributed by atoms with E-state index in [1.165, 1.54) is 119 Å². The molecule has 2 aliphatic carbocycles.